The Morgan fingerprint density at radius 1 is 1.17 bits per heavy atom. The van der Waals surface area contributed by atoms with Crippen LogP contribution >= 0.6 is 11.3 Å². The van der Waals surface area contributed by atoms with Gasteiger partial charge in [-0.1, -0.05) is 39.3 Å². The minimum Gasteiger partial charge on any atom is -0.373 e. The summed E-state index contributed by atoms with van der Waals surface area (Å²) < 4.78 is 0. The largest absolute Gasteiger partial charge is 0.373 e. The van der Waals surface area contributed by atoms with Crippen LogP contribution in [0, 0.1) is 6.92 Å². The number of hydrogen-bond acceptors (Lipinski definition) is 6. The first kappa shape index (κ1) is 22.7. The summed E-state index contributed by atoms with van der Waals surface area (Å²) in [5, 5.41) is 9.05. The number of benzene rings is 1. The molecule has 3 heterocycles. The van der Waals surface area contributed by atoms with Crippen molar-refractivity contribution >= 4 is 28.4 Å². The topological polar surface area (TPSA) is 56.6 Å². The van der Waals surface area contributed by atoms with Gasteiger partial charge < -0.3 is 20.5 Å². The lowest BCUT2D eigenvalue weighted by Crippen LogP contribution is -2.43. The molecule has 0 bridgehead atoms. The van der Waals surface area contributed by atoms with Crippen LogP contribution in [-0.2, 0) is 0 Å². The van der Waals surface area contributed by atoms with E-state index in [-0.39, 0.29) is 6.04 Å². The fraction of sp³-hybridized carbons (Fsp3) is 0.500. The van der Waals surface area contributed by atoms with Crippen LogP contribution in [-0.4, -0.2) is 37.7 Å². The molecule has 6 heteroatoms. The van der Waals surface area contributed by atoms with Gasteiger partial charge in [0, 0.05) is 43.3 Å². The molecule has 0 spiro atoms. The number of hydrogen-bond donors (Lipinski definition) is 3. The van der Waals surface area contributed by atoms with Crippen LogP contribution in [0.5, 0.6) is 0 Å². The van der Waals surface area contributed by atoms with Gasteiger partial charge in [-0.2, -0.15) is 0 Å². The van der Waals surface area contributed by atoms with Crippen LogP contribution in [0.15, 0.2) is 36.4 Å². The van der Waals surface area contributed by atoms with Crippen LogP contribution in [0.1, 0.15) is 55.0 Å². The van der Waals surface area contributed by atoms with E-state index >= 15 is 0 Å². The number of nitrogens with zero attached hydrogens (tertiary/aromatic N) is 2. The van der Waals surface area contributed by atoms with E-state index in [9.17, 15) is 0 Å². The Balaban J connectivity index is 0.00000124. The second-order valence-electron chi connectivity index (χ2n) is 7.65. The van der Waals surface area contributed by atoms with E-state index in [0.717, 1.165) is 51.3 Å². The van der Waals surface area contributed by atoms with Crippen molar-refractivity contribution in [1.82, 2.24) is 10.3 Å². The van der Waals surface area contributed by atoms with E-state index < -0.39 is 0 Å². The molecule has 2 aromatic rings. The number of rotatable bonds is 6. The molecule has 164 valence electrons. The summed E-state index contributed by atoms with van der Waals surface area (Å²) in [5.74, 6) is 6.45. The molecule has 1 saturated heterocycles. The fourth-order valence-electron chi connectivity index (χ4n) is 3.92. The Morgan fingerprint density at radius 2 is 1.87 bits per heavy atom. The Hall–Kier alpha value is -2.02. The minimum atomic E-state index is 0.140. The van der Waals surface area contributed by atoms with Crippen molar-refractivity contribution in [2.24, 2.45) is 5.84 Å². The summed E-state index contributed by atoms with van der Waals surface area (Å²) in [5.41, 5.74) is 4.93. The highest BCUT2D eigenvalue weighted by molar-refractivity contribution is 7.13. The molecule has 0 radical (unpaired) electrons. The van der Waals surface area contributed by atoms with Gasteiger partial charge in [-0.15, -0.1) is 11.3 Å². The van der Waals surface area contributed by atoms with E-state index in [1.807, 2.05) is 30.2 Å². The standard InChI is InChI=1S/C22H31N5S.C2H6/c1-3-4-11-27(23)21-15-19(25-20-14-16(2)28-22(20)21)17-5-7-18(8-6-17)26-12-9-24-10-13-26;1-2/h5-8,14-15,19,24-25H,3-4,9-13,23H2,1-2H3;1-2H3. The number of unbranched alkanes of at least 4 members (excludes halogenated alkanes) is 1. The van der Waals surface area contributed by atoms with Gasteiger partial charge in [0.05, 0.1) is 22.3 Å². The van der Waals surface area contributed by atoms with Crippen molar-refractivity contribution in [2.45, 2.75) is 46.6 Å². The average Bonchev–Trinajstić information content (AvgIpc) is 3.19. The molecule has 1 unspecified atom stereocenters. The van der Waals surface area contributed by atoms with Crippen LogP contribution < -0.4 is 21.4 Å². The first-order valence-corrected chi connectivity index (χ1v) is 12.1. The van der Waals surface area contributed by atoms with Crippen molar-refractivity contribution in [1.29, 1.82) is 0 Å². The number of nitrogens with one attached hydrogen (secondary N) is 2. The Morgan fingerprint density at radius 3 is 2.53 bits per heavy atom. The maximum atomic E-state index is 6.45. The average molecular weight is 428 g/mol. The van der Waals surface area contributed by atoms with Crippen molar-refractivity contribution in [2.75, 3.05) is 42.9 Å². The number of piperazine rings is 1. The molecule has 1 fully saturated rings. The third kappa shape index (κ3) is 5.17. The second-order valence-corrected chi connectivity index (χ2v) is 8.91. The highest BCUT2D eigenvalue weighted by atomic mass is 32.1. The van der Waals surface area contributed by atoms with Gasteiger partial charge in [0.25, 0.3) is 0 Å². The monoisotopic (exact) mass is 427 g/mol. The number of hydrazine groups is 1. The number of nitrogens with two attached hydrogens (primary N) is 1. The normalized spacial score (nSPS) is 18.0. The molecule has 0 saturated carbocycles. The van der Waals surface area contributed by atoms with Gasteiger partial charge in [-0.25, -0.2) is 5.84 Å². The third-order valence-corrected chi connectivity index (χ3v) is 6.59. The van der Waals surface area contributed by atoms with E-state index in [4.69, 9.17) is 5.84 Å². The number of fused-ring (bicyclic) bond motifs is 1. The van der Waals surface area contributed by atoms with Gasteiger partial charge in [0.1, 0.15) is 0 Å². The van der Waals surface area contributed by atoms with Crippen molar-refractivity contribution < 1.29 is 0 Å². The maximum Gasteiger partial charge on any atom is 0.0749 e. The summed E-state index contributed by atoms with van der Waals surface area (Å²) in [6.45, 7) is 13.5. The zero-order valence-corrected chi connectivity index (χ0v) is 19.7. The summed E-state index contributed by atoms with van der Waals surface area (Å²) in [4.78, 5) is 5.01. The molecule has 30 heavy (non-hydrogen) atoms. The summed E-state index contributed by atoms with van der Waals surface area (Å²) in [6.07, 6.45) is 4.53. The first-order chi connectivity index (χ1) is 14.7. The van der Waals surface area contributed by atoms with Gasteiger partial charge >= 0.3 is 0 Å². The molecule has 1 aromatic heterocycles. The first-order valence-electron chi connectivity index (χ1n) is 11.3. The molecule has 2 aliphatic rings. The molecule has 4 N–H and O–H groups in total. The maximum absolute atomic E-state index is 6.45. The van der Waals surface area contributed by atoms with Crippen LogP contribution in [0.25, 0.3) is 5.70 Å². The molecule has 1 atom stereocenters. The molecule has 0 amide bonds. The Kier molecular flexibility index (Phi) is 8.19. The third-order valence-electron chi connectivity index (χ3n) is 5.52. The van der Waals surface area contributed by atoms with E-state index in [0.29, 0.717) is 0 Å². The van der Waals surface area contributed by atoms with Crippen molar-refractivity contribution in [3.8, 4) is 0 Å². The highest BCUT2D eigenvalue weighted by Crippen LogP contribution is 2.41. The lowest BCUT2D eigenvalue weighted by atomic mass is 10.0. The fourth-order valence-corrected chi connectivity index (χ4v) is 4.94. The van der Waals surface area contributed by atoms with Gasteiger partial charge in [0.2, 0.25) is 0 Å². The zero-order chi connectivity index (χ0) is 21.5. The summed E-state index contributed by atoms with van der Waals surface area (Å²) in [7, 11) is 0. The summed E-state index contributed by atoms with van der Waals surface area (Å²) >= 11 is 1.81. The molecular formula is C24H37N5S. The minimum absolute atomic E-state index is 0.140. The number of anilines is 2. The molecular weight excluding hydrogens is 390 g/mol. The number of aryl methyl sites for hydroxylation is 1. The van der Waals surface area contributed by atoms with Crippen LogP contribution in [0.2, 0.25) is 0 Å². The smallest absolute Gasteiger partial charge is 0.0749 e. The van der Waals surface area contributed by atoms with E-state index in [2.05, 4.69) is 65.8 Å². The molecule has 1 aromatic carbocycles. The van der Waals surface area contributed by atoms with Crippen molar-refractivity contribution in [3.05, 3.63) is 51.7 Å². The van der Waals surface area contributed by atoms with Crippen molar-refractivity contribution in [3.63, 3.8) is 0 Å². The van der Waals surface area contributed by atoms with Gasteiger partial charge in [-0.3, -0.25) is 0 Å². The lowest BCUT2D eigenvalue weighted by Gasteiger charge is -2.31. The van der Waals surface area contributed by atoms with Gasteiger partial charge in [0.15, 0.2) is 0 Å². The predicted molar refractivity (Wildman–Crippen MR) is 132 cm³/mol. The highest BCUT2D eigenvalue weighted by Gasteiger charge is 2.25. The summed E-state index contributed by atoms with van der Waals surface area (Å²) in [6, 6.07) is 11.4. The molecule has 0 aliphatic carbocycles. The van der Waals surface area contributed by atoms with Crippen LogP contribution in [0.4, 0.5) is 11.4 Å². The molecule has 2 aliphatic heterocycles. The van der Waals surface area contributed by atoms with E-state index in [1.54, 1.807) is 0 Å². The molecule has 4 rings (SSSR count). The Bertz CT molecular complexity index is 821. The second kappa shape index (κ2) is 10.8. The lowest BCUT2D eigenvalue weighted by molar-refractivity contribution is 0.404. The molecule has 5 nitrogen and oxygen atoms in total. The zero-order valence-electron chi connectivity index (χ0n) is 18.9. The van der Waals surface area contributed by atoms with Crippen LogP contribution in [0.3, 0.4) is 0 Å². The SMILES string of the molecule is CC.CCCCN(N)C1=CC(c2ccc(N3CCNCC3)cc2)Nc2cc(C)sc21. The Labute approximate surface area is 185 Å². The van der Waals surface area contributed by atoms with E-state index in [1.165, 1.54) is 26.7 Å². The number of thiophene rings is 1. The quantitative estimate of drug-likeness (QED) is 0.449. The predicted octanol–water partition coefficient (Wildman–Crippen LogP) is 4.98. The van der Waals surface area contributed by atoms with Gasteiger partial charge in [-0.05, 0) is 43.2 Å².